The molecule has 0 fully saturated rings. The Balaban J connectivity index is 3.28. The number of nitrogen functional groups attached to an aromatic ring is 1. The van der Waals surface area contributed by atoms with Crippen molar-refractivity contribution in [2.75, 3.05) is 5.73 Å². The monoisotopic (exact) mass is 237 g/mol. The summed E-state index contributed by atoms with van der Waals surface area (Å²) >= 11 is 5.44. The Hall–Kier alpha value is -1.68. The predicted molar refractivity (Wildman–Crippen MR) is 45.1 cm³/mol. The number of nitrogens with two attached hydrogens (primary N) is 1. The number of nitrogens with zero attached hydrogens (tertiary/aromatic N) is 2. The highest BCUT2D eigenvalue weighted by Crippen LogP contribution is 2.33. The van der Waals surface area contributed by atoms with Gasteiger partial charge in [-0.15, -0.1) is 13.2 Å². The van der Waals surface area contributed by atoms with E-state index < -0.39 is 23.5 Å². The van der Waals surface area contributed by atoms with Crippen LogP contribution in [0.5, 0.6) is 5.75 Å². The Kier molecular flexibility index (Phi) is 2.90. The molecule has 0 amide bonds. The molecule has 0 aliphatic carbocycles. The molecule has 1 aromatic heterocycles. The Bertz CT molecular complexity index is 427. The van der Waals surface area contributed by atoms with Crippen molar-refractivity contribution < 1.29 is 17.9 Å². The molecule has 0 aliphatic heterocycles. The van der Waals surface area contributed by atoms with Crippen LogP contribution < -0.4 is 10.5 Å². The molecule has 0 saturated heterocycles. The van der Waals surface area contributed by atoms with Crippen LogP contribution in [0.2, 0.25) is 5.02 Å². The topological polar surface area (TPSA) is 71.9 Å². The van der Waals surface area contributed by atoms with Crippen molar-refractivity contribution in [3.8, 4) is 11.8 Å². The van der Waals surface area contributed by atoms with E-state index in [9.17, 15) is 13.2 Å². The molecule has 8 heteroatoms. The zero-order valence-electron chi connectivity index (χ0n) is 6.97. The molecule has 4 nitrogen and oxygen atoms in total. The van der Waals surface area contributed by atoms with Crippen molar-refractivity contribution in [1.82, 2.24) is 4.98 Å². The first-order chi connectivity index (χ1) is 6.85. The van der Waals surface area contributed by atoms with Crippen LogP contribution in [0.1, 0.15) is 5.56 Å². The zero-order valence-corrected chi connectivity index (χ0v) is 7.73. The third-order valence-electron chi connectivity index (χ3n) is 1.35. The fourth-order valence-electron chi connectivity index (χ4n) is 0.809. The number of rotatable bonds is 1. The highest BCUT2D eigenvalue weighted by Gasteiger charge is 2.34. The van der Waals surface area contributed by atoms with Gasteiger partial charge in [-0.3, -0.25) is 0 Å². The molecule has 0 atom stereocenters. The molecule has 0 radical (unpaired) electrons. The summed E-state index contributed by atoms with van der Waals surface area (Å²) in [6, 6.07) is 1.45. The molecule has 15 heavy (non-hydrogen) atoms. The van der Waals surface area contributed by atoms with Gasteiger partial charge in [0.25, 0.3) is 0 Å². The van der Waals surface area contributed by atoms with Crippen LogP contribution in [-0.4, -0.2) is 11.3 Å². The smallest absolute Gasteiger partial charge is 0.400 e. The van der Waals surface area contributed by atoms with Gasteiger partial charge in [-0.05, 0) is 0 Å². The van der Waals surface area contributed by atoms with E-state index in [1.807, 2.05) is 0 Å². The lowest BCUT2D eigenvalue weighted by molar-refractivity contribution is -0.274. The van der Waals surface area contributed by atoms with Gasteiger partial charge in [0.2, 0.25) is 0 Å². The Labute approximate surface area is 87.0 Å². The first-order valence-corrected chi connectivity index (χ1v) is 3.82. The third-order valence-corrected chi connectivity index (χ3v) is 1.63. The van der Waals surface area contributed by atoms with E-state index in [1.54, 1.807) is 0 Å². The molecule has 80 valence electrons. The minimum atomic E-state index is -4.95. The lowest BCUT2D eigenvalue weighted by Gasteiger charge is -2.11. The number of ether oxygens (including phenoxy) is 1. The van der Waals surface area contributed by atoms with E-state index in [1.165, 1.54) is 6.07 Å². The molecule has 1 heterocycles. The third kappa shape index (κ3) is 2.63. The summed E-state index contributed by atoms with van der Waals surface area (Å²) in [6.45, 7) is 0. The first kappa shape index (κ1) is 11.4. The van der Waals surface area contributed by atoms with Crippen molar-refractivity contribution >= 4 is 17.4 Å². The van der Waals surface area contributed by atoms with Crippen LogP contribution in [0, 0.1) is 11.3 Å². The minimum absolute atomic E-state index is 0.258. The molecule has 0 aromatic carbocycles. The first-order valence-electron chi connectivity index (χ1n) is 3.45. The summed E-state index contributed by atoms with van der Waals surface area (Å²) in [5, 5.41) is 8.30. The fraction of sp³-hybridized carbons (Fsp3) is 0.143. The number of pyridine rings is 1. The van der Waals surface area contributed by atoms with Crippen LogP contribution in [-0.2, 0) is 0 Å². The second-order valence-corrected chi connectivity index (χ2v) is 2.76. The molecular weight excluding hydrogens is 235 g/mol. The number of halogens is 4. The summed E-state index contributed by atoms with van der Waals surface area (Å²) in [7, 11) is 0. The minimum Gasteiger partial charge on any atom is -0.400 e. The number of alkyl halides is 3. The van der Waals surface area contributed by atoms with Crippen molar-refractivity contribution in [3.63, 3.8) is 0 Å². The fourth-order valence-corrected chi connectivity index (χ4v) is 0.986. The highest BCUT2D eigenvalue weighted by atomic mass is 35.5. The van der Waals surface area contributed by atoms with Crippen LogP contribution in [0.4, 0.5) is 19.0 Å². The van der Waals surface area contributed by atoms with Crippen LogP contribution in [0.25, 0.3) is 0 Å². The standard InChI is InChI=1S/C7H3ClF3N3O/c8-4-2-14-6(13)5(3(4)1-12)15-7(9,10)11/h2H,(H2,13,14). The predicted octanol–water partition coefficient (Wildman–Crippen LogP) is 2.09. The second-order valence-electron chi connectivity index (χ2n) is 2.36. The van der Waals surface area contributed by atoms with Crippen LogP contribution >= 0.6 is 11.6 Å². The van der Waals surface area contributed by atoms with Gasteiger partial charge in [-0.25, -0.2) is 4.98 Å². The molecule has 0 bridgehead atoms. The number of hydrogen-bond donors (Lipinski definition) is 1. The summed E-state index contributed by atoms with van der Waals surface area (Å²) in [4.78, 5) is 3.34. The van der Waals surface area contributed by atoms with Crippen molar-refractivity contribution in [3.05, 3.63) is 16.8 Å². The molecule has 0 saturated carbocycles. The molecule has 2 N–H and O–H groups in total. The average Bonchev–Trinajstić information content (AvgIpc) is 2.10. The van der Waals surface area contributed by atoms with E-state index in [2.05, 4.69) is 9.72 Å². The van der Waals surface area contributed by atoms with Gasteiger partial charge in [0.05, 0.1) is 5.02 Å². The van der Waals surface area contributed by atoms with Crippen molar-refractivity contribution in [1.29, 1.82) is 5.26 Å². The van der Waals surface area contributed by atoms with E-state index in [0.29, 0.717) is 0 Å². The summed E-state index contributed by atoms with van der Waals surface area (Å²) in [6.07, 6.45) is -3.98. The molecule has 1 rings (SSSR count). The zero-order chi connectivity index (χ0) is 11.6. The van der Waals surface area contributed by atoms with Crippen molar-refractivity contribution in [2.24, 2.45) is 0 Å². The van der Waals surface area contributed by atoms with Gasteiger partial charge in [0.1, 0.15) is 11.6 Å². The van der Waals surface area contributed by atoms with Gasteiger partial charge >= 0.3 is 6.36 Å². The number of nitriles is 1. The Morgan fingerprint density at radius 2 is 2.13 bits per heavy atom. The van der Waals surface area contributed by atoms with E-state index in [-0.39, 0.29) is 5.02 Å². The van der Waals surface area contributed by atoms with E-state index in [4.69, 9.17) is 22.6 Å². The second kappa shape index (κ2) is 3.82. The van der Waals surface area contributed by atoms with E-state index in [0.717, 1.165) is 6.20 Å². The SMILES string of the molecule is N#Cc1c(Cl)cnc(N)c1OC(F)(F)F. The molecule has 0 spiro atoms. The van der Waals surface area contributed by atoms with Gasteiger partial charge in [-0.2, -0.15) is 5.26 Å². The van der Waals surface area contributed by atoms with Gasteiger partial charge in [-0.1, -0.05) is 11.6 Å². The highest BCUT2D eigenvalue weighted by molar-refractivity contribution is 6.31. The number of hydrogen-bond acceptors (Lipinski definition) is 4. The molecule has 0 unspecified atom stereocenters. The van der Waals surface area contributed by atoms with Crippen LogP contribution in [0.15, 0.2) is 6.20 Å². The number of anilines is 1. The normalized spacial score (nSPS) is 10.9. The maximum Gasteiger partial charge on any atom is 0.573 e. The lowest BCUT2D eigenvalue weighted by Crippen LogP contribution is -2.19. The summed E-state index contributed by atoms with van der Waals surface area (Å²) < 4.78 is 39.3. The van der Waals surface area contributed by atoms with Gasteiger partial charge in [0.15, 0.2) is 11.6 Å². The maximum absolute atomic E-state index is 11.9. The summed E-state index contributed by atoms with van der Waals surface area (Å²) in [5.74, 6) is -1.43. The van der Waals surface area contributed by atoms with E-state index >= 15 is 0 Å². The quantitative estimate of drug-likeness (QED) is 0.812. The molecule has 1 aromatic rings. The van der Waals surface area contributed by atoms with Crippen molar-refractivity contribution in [2.45, 2.75) is 6.36 Å². The molecule has 0 aliphatic rings. The maximum atomic E-state index is 11.9. The summed E-state index contributed by atoms with van der Waals surface area (Å²) in [5.41, 5.74) is 4.63. The largest absolute Gasteiger partial charge is 0.573 e. The Morgan fingerprint density at radius 3 is 2.60 bits per heavy atom. The Morgan fingerprint density at radius 1 is 1.53 bits per heavy atom. The average molecular weight is 238 g/mol. The molecular formula is C7H3ClF3N3O. The number of aromatic nitrogens is 1. The van der Waals surface area contributed by atoms with Crippen LogP contribution in [0.3, 0.4) is 0 Å². The lowest BCUT2D eigenvalue weighted by atomic mass is 10.2. The van der Waals surface area contributed by atoms with Gasteiger partial charge in [0, 0.05) is 6.20 Å². The van der Waals surface area contributed by atoms with Gasteiger partial charge < -0.3 is 10.5 Å².